The van der Waals surface area contributed by atoms with Gasteiger partial charge < -0.3 is 31.7 Å². The number of fused-ring (bicyclic) bond motifs is 2. The minimum atomic E-state index is -0.812. The second-order valence-corrected chi connectivity index (χ2v) is 12.7. The molecule has 0 saturated carbocycles. The Morgan fingerprint density at radius 1 is 0.848 bits per heavy atom. The molecule has 2 aliphatic heterocycles. The van der Waals surface area contributed by atoms with Crippen molar-refractivity contribution in [2.24, 2.45) is 5.73 Å². The number of aromatic hydroxyl groups is 1. The minimum Gasteiger partial charge on any atom is -0.508 e. The van der Waals surface area contributed by atoms with Crippen LogP contribution >= 0.6 is 0 Å². The van der Waals surface area contributed by atoms with Gasteiger partial charge in [0, 0.05) is 32.6 Å². The number of phenols is 1. The zero-order chi connectivity index (χ0) is 32.6. The Bertz CT molecular complexity index is 1530. The van der Waals surface area contributed by atoms with Gasteiger partial charge in [-0.25, -0.2) is 0 Å². The molecule has 0 radical (unpaired) electrons. The molecule has 9 nitrogen and oxygen atoms in total. The molecule has 0 fully saturated rings. The molecule has 9 heteroatoms. The van der Waals surface area contributed by atoms with Gasteiger partial charge in [-0.3, -0.25) is 14.4 Å². The number of benzene rings is 3. The largest absolute Gasteiger partial charge is 0.508 e. The van der Waals surface area contributed by atoms with Gasteiger partial charge in [0.15, 0.2) is 0 Å². The van der Waals surface area contributed by atoms with Crippen LogP contribution in [0.3, 0.4) is 0 Å². The summed E-state index contributed by atoms with van der Waals surface area (Å²) in [6, 6.07) is 17.9. The maximum absolute atomic E-state index is 13.7. The Hall–Kier alpha value is -4.21. The second-order valence-electron chi connectivity index (χ2n) is 12.7. The first-order valence-electron chi connectivity index (χ1n) is 16.5. The van der Waals surface area contributed by atoms with E-state index in [1.165, 1.54) is 11.1 Å². The maximum Gasteiger partial charge on any atom is 0.243 e. The molecule has 0 saturated heterocycles. The van der Waals surface area contributed by atoms with Crippen molar-refractivity contribution in [2.75, 3.05) is 13.1 Å². The summed E-state index contributed by atoms with van der Waals surface area (Å²) < 4.78 is 0. The number of aryl methyl sites for hydroxylation is 2. The topological polar surface area (TPSA) is 137 Å². The smallest absolute Gasteiger partial charge is 0.243 e. The van der Waals surface area contributed by atoms with Gasteiger partial charge in [-0.2, -0.15) is 0 Å². The summed E-state index contributed by atoms with van der Waals surface area (Å²) in [6.45, 7) is 6.00. The predicted molar refractivity (Wildman–Crippen MR) is 179 cm³/mol. The lowest BCUT2D eigenvalue weighted by atomic mass is 9.91. The van der Waals surface area contributed by atoms with Gasteiger partial charge in [-0.1, -0.05) is 61.4 Å². The van der Waals surface area contributed by atoms with Crippen LogP contribution in [0, 0.1) is 13.8 Å². The van der Waals surface area contributed by atoms with Crippen LogP contribution in [0.2, 0.25) is 0 Å². The van der Waals surface area contributed by atoms with Crippen molar-refractivity contribution >= 4 is 17.7 Å². The highest BCUT2D eigenvalue weighted by atomic mass is 16.3. The van der Waals surface area contributed by atoms with E-state index in [4.69, 9.17) is 5.73 Å². The third-order valence-electron chi connectivity index (χ3n) is 9.36. The molecule has 3 atom stereocenters. The Kier molecular flexibility index (Phi) is 11.1. The van der Waals surface area contributed by atoms with Gasteiger partial charge in [0.2, 0.25) is 17.7 Å². The zero-order valence-electron chi connectivity index (χ0n) is 27.0. The number of hydrogen-bond acceptors (Lipinski definition) is 6. The van der Waals surface area contributed by atoms with E-state index in [-0.39, 0.29) is 29.5 Å². The van der Waals surface area contributed by atoms with Crippen LogP contribution in [0.25, 0.3) is 0 Å². The molecule has 0 spiro atoms. The van der Waals surface area contributed by atoms with E-state index in [1.807, 2.05) is 50.2 Å². The van der Waals surface area contributed by atoms with E-state index in [9.17, 15) is 19.5 Å². The SMILES string of the molecule is Cc1cc(O)cc(C)c1CC(N)C(=O)N1Cc2ccccc2CC1C(=O)NCCCCCCNC(=O)C1Cc2ccccc2CN1. The van der Waals surface area contributed by atoms with E-state index in [2.05, 4.69) is 28.1 Å². The maximum atomic E-state index is 13.7. The van der Waals surface area contributed by atoms with E-state index in [0.29, 0.717) is 45.4 Å². The second kappa shape index (κ2) is 15.4. The fraction of sp³-hybridized carbons (Fsp3) is 0.432. The molecule has 5 rings (SSSR count). The molecule has 3 aromatic rings. The number of amides is 3. The Labute approximate surface area is 271 Å². The highest BCUT2D eigenvalue weighted by Gasteiger charge is 2.36. The van der Waals surface area contributed by atoms with Crippen LogP contribution in [-0.2, 0) is 46.7 Å². The molecule has 0 bridgehead atoms. The van der Waals surface area contributed by atoms with Gasteiger partial charge in [0.25, 0.3) is 0 Å². The molecule has 244 valence electrons. The van der Waals surface area contributed by atoms with Crippen molar-refractivity contribution in [3.05, 3.63) is 99.6 Å². The molecule has 2 heterocycles. The lowest BCUT2D eigenvalue weighted by Crippen LogP contribution is -2.56. The average molecular weight is 626 g/mol. The number of unbranched alkanes of at least 4 members (excludes halogenated alkanes) is 3. The third-order valence-corrected chi connectivity index (χ3v) is 9.36. The molecule has 3 amide bonds. The van der Waals surface area contributed by atoms with Crippen molar-refractivity contribution < 1.29 is 19.5 Å². The summed E-state index contributed by atoms with van der Waals surface area (Å²) in [7, 11) is 0. The first-order chi connectivity index (χ1) is 22.2. The standard InChI is InChI=1S/C37H47N5O4/c1-24-17-30(43)18-25(2)31(24)21-32(38)37(46)42-23-29-14-8-6-12-27(29)20-34(42)36(45)40-16-10-4-3-9-15-39-35(44)33-19-26-11-5-7-13-28(26)22-41-33/h5-8,11-14,17-18,32-34,41,43H,3-4,9-10,15-16,19-23,38H2,1-2H3,(H,39,44)(H,40,45). The van der Waals surface area contributed by atoms with Crippen LogP contribution in [-0.4, -0.2) is 58.9 Å². The lowest BCUT2D eigenvalue weighted by Gasteiger charge is -2.37. The summed E-state index contributed by atoms with van der Waals surface area (Å²) in [6.07, 6.45) is 5.05. The number of nitrogens with zero attached hydrogens (tertiary/aromatic N) is 1. The van der Waals surface area contributed by atoms with Crippen LogP contribution in [0.5, 0.6) is 5.75 Å². The first-order valence-corrected chi connectivity index (χ1v) is 16.5. The van der Waals surface area contributed by atoms with Crippen molar-refractivity contribution in [1.29, 1.82) is 0 Å². The molecule has 0 aromatic heterocycles. The van der Waals surface area contributed by atoms with Crippen molar-refractivity contribution in [2.45, 2.75) is 90.0 Å². The predicted octanol–water partition coefficient (Wildman–Crippen LogP) is 3.34. The Morgan fingerprint density at radius 3 is 2.07 bits per heavy atom. The summed E-state index contributed by atoms with van der Waals surface area (Å²) in [5, 5.41) is 19.4. The molecule has 0 aliphatic carbocycles. The molecule has 3 aromatic carbocycles. The first kappa shape index (κ1) is 33.2. The fourth-order valence-electron chi connectivity index (χ4n) is 6.71. The van der Waals surface area contributed by atoms with Crippen LogP contribution in [0.1, 0.15) is 64.6 Å². The monoisotopic (exact) mass is 625 g/mol. The van der Waals surface area contributed by atoms with Crippen molar-refractivity contribution in [1.82, 2.24) is 20.9 Å². The van der Waals surface area contributed by atoms with Gasteiger partial charge >= 0.3 is 0 Å². The zero-order valence-corrected chi connectivity index (χ0v) is 27.0. The van der Waals surface area contributed by atoms with E-state index >= 15 is 0 Å². The van der Waals surface area contributed by atoms with Crippen LogP contribution in [0.15, 0.2) is 60.7 Å². The number of carbonyl (C=O) groups is 3. The molecular formula is C37H47N5O4. The summed E-state index contributed by atoms with van der Waals surface area (Å²) in [4.78, 5) is 41.5. The third kappa shape index (κ3) is 8.13. The molecule has 2 aliphatic rings. The normalized spacial score (nSPS) is 17.8. The van der Waals surface area contributed by atoms with Gasteiger partial charge in [-0.15, -0.1) is 0 Å². The molecule has 3 unspecified atom stereocenters. The van der Waals surface area contributed by atoms with E-state index in [0.717, 1.165) is 53.5 Å². The van der Waals surface area contributed by atoms with Gasteiger partial charge in [-0.05, 0) is 90.6 Å². The highest BCUT2D eigenvalue weighted by Crippen LogP contribution is 2.26. The van der Waals surface area contributed by atoms with Crippen LogP contribution in [0.4, 0.5) is 0 Å². The fourth-order valence-corrected chi connectivity index (χ4v) is 6.71. The summed E-state index contributed by atoms with van der Waals surface area (Å²) >= 11 is 0. The lowest BCUT2D eigenvalue weighted by molar-refractivity contribution is -0.142. The van der Waals surface area contributed by atoms with Crippen molar-refractivity contribution in [3.8, 4) is 5.75 Å². The van der Waals surface area contributed by atoms with Crippen molar-refractivity contribution in [3.63, 3.8) is 0 Å². The van der Waals surface area contributed by atoms with E-state index < -0.39 is 12.1 Å². The average Bonchev–Trinajstić information content (AvgIpc) is 3.06. The molecule has 6 N–H and O–H groups in total. The Morgan fingerprint density at radius 2 is 1.41 bits per heavy atom. The number of carbonyl (C=O) groups excluding carboxylic acids is 3. The summed E-state index contributed by atoms with van der Waals surface area (Å²) in [5.41, 5.74) is 13.8. The number of phenolic OH excluding ortho intramolecular Hbond substituents is 1. The van der Waals surface area contributed by atoms with E-state index in [1.54, 1.807) is 17.0 Å². The molecule has 46 heavy (non-hydrogen) atoms. The van der Waals surface area contributed by atoms with Gasteiger partial charge in [0.05, 0.1) is 12.1 Å². The number of nitrogens with two attached hydrogens (primary N) is 1. The van der Waals surface area contributed by atoms with Gasteiger partial charge in [0.1, 0.15) is 11.8 Å². The summed E-state index contributed by atoms with van der Waals surface area (Å²) in [5.74, 6) is -0.186. The molecular weight excluding hydrogens is 578 g/mol. The number of rotatable bonds is 12. The highest BCUT2D eigenvalue weighted by molar-refractivity contribution is 5.90. The Balaban J connectivity index is 1.07. The number of nitrogens with one attached hydrogen (secondary N) is 3. The minimum absolute atomic E-state index is 0.0444. The number of hydrogen-bond donors (Lipinski definition) is 5. The van der Waals surface area contributed by atoms with Crippen LogP contribution < -0.4 is 21.7 Å². The quantitative estimate of drug-likeness (QED) is 0.196.